The van der Waals surface area contributed by atoms with Gasteiger partial charge in [-0.05, 0) is 17.6 Å². The van der Waals surface area contributed by atoms with E-state index in [0.29, 0.717) is 12.4 Å². The topological polar surface area (TPSA) is 64.3 Å². The number of nitrogens with two attached hydrogens (primary N) is 1. The molecule has 0 fully saturated rings. The zero-order valence-corrected chi connectivity index (χ0v) is 11.3. The molecule has 2 aromatic heterocycles. The number of aromatic nitrogens is 2. The zero-order valence-electron chi connectivity index (χ0n) is 10.5. The summed E-state index contributed by atoms with van der Waals surface area (Å²) in [6.45, 7) is 1.46. The maximum absolute atomic E-state index is 5.95. The highest BCUT2D eigenvalue weighted by Crippen LogP contribution is 2.38. The van der Waals surface area contributed by atoms with E-state index in [9.17, 15) is 0 Å². The molecule has 6 heteroatoms. The van der Waals surface area contributed by atoms with Crippen LogP contribution in [0, 0.1) is 0 Å². The van der Waals surface area contributed by atoms with E-state index in [1.807, 2.05) is 19.2 Å². The van der Waals surface area contributed by atoms with E-state index in [2.05, 4.69) is 14.3 Å². The van der Waals surface area contributed by atoms with Gasteiger partial charge in [0.25, 0.3) is 0 Å². The van der Waals surface area contributed by atoms with Crippen molar-refractivity contribution >= 4 is 22.4 Å². The number of likely N-dealkylation sites (N-methyl/N-ethyl adjacent to an activating group) is 1. The third kappa shape index (κ3) is 2.60. The van der Waals surface area contributed by atoms with Gasteiger partial charge in [0.1, 0.15) is 10.8 Å². The van der Waals surface area contributed by atoms with Crippen LogP contribution in [0.25, 0.3) is 11.1 Å². The number of rotatable bonds is 5. The van der Waals surface area contributed by atoms with Crippen LogP contribution in [0.3, 0.4) is 0 Å². The van der Waals surface area contributed by atoms with Crippen molar-refractivity contribution < 1.29 is 4.74 Å². The predicted molar refractivity (Wildman–Crippen MR) is 74.9 cm³/mol. The summed E-state index contributed by atoms with van der Waals surface area (Å²) in [7, 11) is 3.70. The maximum Gasteiger partial charge on any atom is 0.147 e. The van der Waals surface area contributed by atoms with Gasteiger partial charge in [-0.15, -0.1) is 0 Å². The lowest BCUT2D eigenvalue weighted by molar-refractivity contribution is 0.206. The summed E-state index contributed by atoms with van der Waals surface area (Å²) in [6.07, 6.45) is 3.54. The van der Waals surface area contributed by atoms with Crippen LogP contribution in [0.2, 0.25) is 0 Å². The van der Waals surface area contributed by atoms with Crippen LogP contribution < -0.4 is 10.6 Å². The fraction of sp³-hybridized carbons (Fsp3) is 0.333. The first-order valence-corrected chi connectivity index (χ1v) is 6.37. The highest BCUT2D eigenvalue weighted by atomic mass is 32.1. The van der Waals surface area contributed by atoms with Gasteiger partial charge in [-0.3, -0.25) is 4.98 Å². The van der Waals surface area contributed by atoms with E-state index in [0.717, 1.165) is 22.7 Å². The molecule has 0 aliphatic carbocycles. The summed E-state index contributed by atoms with van der Waals surface area (Å²) in [5.41, 5.74) is 7.89. The molecule has 0 aromatic carbocycles. The molecule has 0 radical (unpaired) electrons. The molecule has 5 nitrogen and oxygen atoms in total. The first kappa shape index (κ1) is 12.8. The number of methoxy groups -OCH3 is 1. The molecule has 18 heavy (non-hydrogen) atoms. The van der Waals surface area contributed by atoms with Crippen LogP contribution in [-0.2, 0) is 4.74 Å². The van der Waals surface area contributed by atoms with E-state index in [1.165, 1.54) is 11.5 Å². The zero-order chi connectivity index (χ0) is 13.0. The van der Waals surface area contributed by atoms with E-state index in [4.69, 9.17) is 10.5 Å². The second kappa shape index (κ2) is 5.79. The van der Waals surface area contributed by atoms with Gasteiger partial charge >= 0.3 is 0 Å². The van der Waals surface area contributed by atoms with Gasteiger partial charge in [0.2, 0.25) is 0 Å². The number of anilines is 2. The van der Waals surface area contributed by atoms with Crippen molar-refractivity contribution in [3.8, 4) is 11.1 Å². The van der Waals surface area contributed by atoms with Crippen molar-refractivity contribution in [3.63, 3.8) is 0 Å². The summed E-state index contributed by atoms with van der Waals surface area (Å²) < 4.78 is 9.32. The Kier molecular flexibility index (Phi) is 4.11. The fourth-order valence-corrected chi connectivity index (χ4v) is 2.49. The molecule has 0 saturated carbocycles. The molecule has 0 aliphatic heterocycles. The Hall–Kier alpha value is -1.66. The molecule has 2 heterocycles. The Balaban J connectivity index is 2.33. The van der Waals surface area contributed by atoms with E-state index in [1.54, 1.807) is 19.5 Å². The Morgan fingerprint density at radius 3 is 3.00 bits per heavy atom. The number of nitrogen functional groups attached to an aromatic ring is 1. The standard InChI is InChI=1S/C12H16N4OS/c1-16(6-7-17-2)12-10(11(13)15-18-12)9-4-3-5-14-8-9/h3-5,8H,6-7H2,1-2H3,(H2,13,15). The number of pyridine rings is 1. The minimum Gasteiger partial charge on any atom is -0.383 e. The van der Waals surface area contributed by atoms with Crippen LogP contribution in [0.4, 0.5) is 10.8 Å². The van der Waals surface area contributed by atoms with Crippen LogP contribution in [-0.4, -0.2) is 36.7 Å². The molecule has 0 atom stereocenters. The van der Waals surface area contributed by atoms with Crippen LogP contribution in [0.15, 0.2) is 24.5 Å². The quantitative estimate of drug-likeness (QED) is 0.893. The number of hydrogen-bond donors (Lipinski definition) is 1. The number of ether oxygens (including phenoxy) is 1. The minimum absolute atomic E-state index is 0.548. The second-order valence-electron chi connectivity index (χ2n) is 3.90. The smallest absolute Gasteiger partial charge is 0.147 e. The molecule has 0 saturated heterocycles. The van der Waals surface area contributed by atoms with E-state index >= 15 is 0 Å². The van der Waals surface area contributed by atoms with Crippen LogP contribution in [0.1, 0.15) is 0 Å². The molecule has 2 aromatic rings. The molecule has 0 aliphatic rings. The third-order valence-corrected chi connectivity index (χ3v) is 3.60. The largest absolute Gasteiger partial charge is 0.383 e. The molecule has 0 amide bonds. The molecule has 96 valence electrons. The highest BCUT2D eigenvalue weighted by molar-refractivity contribution is 7.11. The van der Waals surface area contributed by atoms with Crippen molar-refractivity contribution in [2.45, 2.75) is 0 Å². The van der Waals surface area contributed by atoms with Crippen molar-refractivity contribution in [1.29, 1.82) is 0 Å². The monoisotopic (exact) mass is 264 g/mol. The summed E-state index contributed by atoms with van der Waals surface area (Å²) in [4.78, 5) is 6.22. The Morgan fingerprint density at radius 1 is 1.50 bits per heavy atom. The van der Waals surface area contributed by atoms with Gasteiger partial charge in [-0.2, -0.15) is 4.37 Å². The summed E-state index contributed by atoms with van der Waals surface area (Å²) >= 11 is 1.40. The summed E-state index contributed by atoms with van der Waals surface area (Å²) in [6, 6.07) is 3.88. The lowest BCUT2D eigenvalue weighted by Gasteiger charge is -2.18. The lowest BCUT2D eigenvalue weighted by Crippen LogP contribution is -2.21. The first-order chi connectivity index (χ1) is 8.74. The molecular weight excluding hydrogens is 248 g/mol. The minimum atomic E-state index is 0.548. The third-order valence-electron chi connectivity index (χ3n) is 2.63. The highest BCUT2D eigenvalue weighted by Gasteiger charge is 2.16. The Bertz CT molecular complexity index is 500. The molecule has 0 unspecified atom stereocenters. The molecule has 0 bridgehead atoms. The SMILES string of the molecule is COCCN(C)c1snc(N)c1-c1cccnc1. The maximum atomic E-state index is 5.95. The van der Waals surface area contributed by atoms with Gasteiger partial charge < -0.3 is 15.4 Å². The summed E-state index contributed by atoms with van der Waals surface area (Å²) in [5.74, 6) is 0.548. The molecular formula is C12H16N4OS. The van der Waals surface area contributed by atoms with Crippen molar-refractivity contribution in [2.24, 2.45) is 0 Å². The van der Waals surface area contributed by atoms with Gasteiger partial charge in [-0.1, -0.05) is 6.07 Å². The number of nitrogens with zero attached hydrogens (tertiary/aromatic N) is 3. The van der Waals surface area contributed by atoms with Crippen molar-refractivity contribution in [1.82, 2.24) is 9.36 Å². The predicted octanol–water partition coefficient (Wildman–Crippen LogP) is 1.87. The van der Waals surface area contributed by atoms with Gasteiger partial charge in [-0.25, -0.2) is 0 Å². The molecule has 2 rings (SSSR count). The average Bonchev–Trinajstić information content (AvgIpc) is 2.79. The molecule has 0 spiro atoms. The average molecular weight is 264 g/mol. The lowest BCUT2D eigenvalue weighted by atomic mass is 10.1. The van der Waals surface area contributed by atoms with Crippen molar-refractivity contribution in [3.05, 3.63) is 24.5 Å². The van der Waals surface area contributed by atoms with Gasteiger partial charge in [0.05, 0.1) is 12.2 Å². The normalized spacial score (nSPS) is 10.6. The first-order valence-electron chi connectivity index (χ1n) is 5.59. The van der Waals surface area contributed by atoms with Crippen LogP contribution in [0.5, 0.6) is 0 Å². The van der Waals surface area contributed by atoms with Gasteiger partial charge in [0, 0.05) is 38.7 Å². The van der Waals surface area contributed by atoms with Gasteiger partial charge in [0.15, 0.2) is 0 Å². The second-order valence-corrected chi connectivity index (χ2v) is 4.66. The fourth-order valence-electron chi connectivity index (χ4n) is 1.67. The van der Waals surface area contributed by atoms with E-state index < -0.39 is 0 Å². The Morgan fingerprint density at radius 2 is 2.33 bits per heavy atom. The summed E-state index contributed by atoms with van der Waals surface area (Å²) in [5, 5.41) is 1.04. The molecule has 2 N–H and O–H groups in total. The van der Waals surface area contributed by atoms with E-state index in [-0.39, 0.29) is 0 Å². The Labute approximate surface area is 110 Å². The van der Waals surface area contributed by atoms with Crippen molar-refractivity contribution in [2.75, 3.05) is 37.9 Å². The number of hydrogen-bond acceptors (Lipinski definition) is 6. The van der Waals surface area contributed by atoms with Crippen LogP contribution >= 0.6 is 11.5 Å².